The summed E-state index contributed by atoms with van der Waals surface area (Å²) in [6.45, 7) is 3.15. The smallest absolute Gasteiger partial charge is 0.310 e. The first-order valence-corrected chi connectivity index (χ1v) is 6.60. The van der Waals surface area contributed by atoms with Crippen LogP contribution in [0.3, 0.4) is 0 Å². The van der Waals surface area contributed by atoms with Crippen LogP contribution in [0, 0.1) is 10.8 Å². The second-order valence-corrected chi connectivity index (χ2v) is 6.29. The summed E-state index contributed by atoms with van der Waals surface area (Å²) >= 11 is 0. The molecule has 0 bridgehead atoms. The Bertz CT molecular complexity index is 295. The SMILES string of the molecule is O=C(O)C1(CN2CC3(CCC3)C2)CCCC1. The minimum absolute atomic E-state index is 0.397. The molecule has 1 N–H and O–H groups in total. The van der Waals surface area contributed by atoms with Gasteiger partial charge in [0.25, 0.3) is 0 Å². The third-order valence-electron chi connectivity index (χ3n) is 5.07. The summed E-state index contributed by atoms with van der Waals surface area (Å²) in [5.41, 5.74) is 0.226. The number of rotatable bonds is 3. The van der Waals surface area contributed by atoms with Crippen LogP contribution in [0.4, 0.5) is 0 Å². The van der Waals surface area contributed by atoms with Crippen molar-refractivity contribution in [1.29, 1.82) is 0 Å². The van der Waals surface area contributed by atoms with E-state index in [0.29, 0.717) is 5.41 Å². The van der Waals surface area contributed by atoms with Gasteiger partial charge in [-0.05, 0) is 31.1 Å². The molecule has 2 saturated carbocycles. The van der Waals surface area contributed by atoms with Gasteiger partial charge >= 0.3 is 5.97 Å². The van der Waals surface area contributed by atoms with Crippen LogP contribution in [0.5, 0.6) is 0 Å². The number of likely N-dealkylation sites (tertiary alicyclic amines) is 1. The van der Waals surface area contributed by atoms with Crippen molar-refractivity contribution in [3.8, 4) is 0 Å². The average molecular weight is 223 g/mol. The van der Waals surface area contributed by atoms with Crippen molar-refractivity contribution in [2.24, 2.45) is 10.8 Å². The fraction of sp³-hybridized carbons (Fsp3) is 0.923. The van der Waals surface area contributed by atoms with Gasteiger partial charge in [-0.3, -0.25) is 4.79 Å². The standard InChI is InChI=1S/C13H21NO2/c15-11(16)13(6-1-2-7-13)10-14-8-12(9-14)4-3-5-12/h1-10H2,(H,15,16). The van der Waals surface area contributed by atoms with Crippen LogP contribution in [0.25, 0.3) is 0 Å². The van der Waals surface area contributed by atoms with Gasteiger partial charge in [-0.1, -0.05) is 19.3 Å². The Hall–Kier alpha value is -0.570. The van der Waals surface area contributed by atoms with Crippen molar-refractivity contribution in [2.45, 2.75) is 44.9 Å². The highest BCUT2D eigenvalue weighted by molar-refractivity contribution is 5.75. The highest BCUT2D eigenvalue weighted by Gasteiger charge is 2.51. The van der Waals surface area contributed by atoms with E-state index in [1.807, 2.05) is 0 Å². The molecule has 0 atom stereocenters. The van der Waals surface area contributed by atoms with Crippen molar-refractivity contribution in [2.75, 3.05) is 19.6 Å². The van der Waals surface area contributed by atoms with Crippen molar-refractivity contribution in [1.82, 2.24) is 4.90 Å². The Morgan fingerprint density at radius 2 is 1.69 bits per heavy atom. The lowest BCUT2D eigenvalue weighted by atomic mass is 9.63. The van der Waals surface area contributed by atoms with Gasteiger partial charge < -0.3 is 10.0 Å². The van der Waals surface area contributed by atoms with E-state index in [-0.39, 0.29) is 0 Å². The maximum absolute atomic E-state index is 11.4. The van der Waals surface area contributed by atoms with E-state index in [2.05, 4.69) is 4.90 Å². The summed E-state index contributed by atoms with van der Waals surface area (Å²) in [5.74, 6) is -0.556. The van der Waals surface area contributed by atoms with Crippen molar-refractivity contribution in [3.05, 3.63) is 0 Å². The molecule has 1 heterocycles. The third kappa shape index (κ3) is 1.48. The number of carbonyl (C=O) groups is 1. The molecule has 0 amide bonds. The molecule has 0 aromatic rings. The molecule has 16 heavy (non-hydrogen) atoms. The van der Waals surface area contributed by atoms with Gasteiger partial charge in [0.2, 0.25) is 0 Å². The molecule has 1 spiro atoms. The monoisotopic (exact) mass is 223 g/mol. The minimum atomic E-state index is -0.556. The summed E-state index contributed by atoms with van der Waals surface area (Å²) in [6, 6.07) is 0. The zero-order valence-corrected chi connectivity index (χ0v) is 9.87. The Kier molecular flexibility index (Phi) is 2.29. The lowest BCUT2D eigenvalue weighted by Gasteiger charge is -2.57. The lowest BCUT2D eigenvalue weighted by Crippen LogP contribution is -2.62. The van der Waals surface area contributed by atoms with Gasteiger partial charge in [0.05, 0.1) is 5.41 Å². The van der Waals surface area contributed by atoms with E-state index in [1.54, 1.807) is 0 Å². The molecule has 0 aromatic carbocycles. The highest BCUT2D eigenvalue weighted by Crippen LogP contribution is 2.50. The number of carboxylic acids is 1. The second kappa shape index (κ2) is 3.46. The molecule has 3 rings (SSSR count). The van der Waals surface area contributed by atoms with Crippen molar-refractivity contribution >= 4 is 5.97 Å². The normalized spacial score (nSPS) is 31.0. The predicted octanol–water partition coefficient (Wildman–Crippen LogP) is 2.12. The highest BCUT2D eigenvalue weighted by atomic mass is 16.4. The maximum atomic E-state index is 11.4. The first-order chi connectivity index (χ1) is 7.64. The molecule has 3 nitrogen and oxygen atoms in total. The number of hydrogen-bond acceptors (Lipinski definition) is 2. The lowest BCUT2D eigenvalue weighted by molar-refractivity contribution is -0.154. The molecule has 1 saturated heterocycles. The summed E-state index contributed by atoms with van der Waals surface area (Å²) < 4.78 is 0. The molecule has 0 radical (unpaired) electrons. The Balaban J connectivity index is 1.59. The quantitative estimate of drug-likeness (QED) is 0.796. The van der Waals surface area contributed by atoms with Crippen LogP contribution >= 0.6 is 0 Å². The van der Waals surface area contributed by atoms with E-state index in [0.717, 1.165) is 32.2 Å². The number of carboxylic acid groups (broad SMARTS) is 1. The molecule has 90 valence electrons. The topological polar surface area (TPSA) is 40.5 Å². The fourth-order valence-corrected chi connectivity index (χ4v) is 3.93. The van der Waals surface area contributed by atoms with Gasteiger partial charge in [-0.15, -0.1) is 0 Å². The summed E-state index contributed by atoms with van der Waals surface area (Å²) in [4.78, 5) is 13.8. The third-order valence-corrected chi connectivity index (χ3v) is 5.07. The van der Waals surface area contributed by atoms with Crippen LogP contribution in [0.15, 0.2) is 0 Å². The summed E-state index contributed by atoms with van der Waals surface area (Å²) in [5, 5.41) is 9.41. The summed E-state index contributed by atoms with van der Waals surface area (Å²) in [7, 11) is 0. The predicted molar refractivity (Wildman–Crippen MR) is 61.3 cm³/mol. The molecule has 0 aromatic heterocycles. The minimum Gasteiger partial charge on any atom is -0.481 e. The van der Waals surface area contributed by atoms with Crippen LogP contribution in [0.1, 0.15) is 44.9 Å². The zero-order valence-electron chi connectivity index (χ0n) is 9.87. The first-order valence-electron chi connectivity index (χ1n) is 6.60. The van der Waals surface area contributed by atoms with Crippen molar-refractivity contribution < 1.29 is 9.90 Å². The largest absolute Gasteiger partial charge is 0.481 e. The van der Waals surface area contributed by atoms with E-state index >= 15 is 0 Å². The van der Waals surface area contributed by atoms with Gasteiger partial charge in [0, 0.05) is 19.6 Å². The Morgan fingerprint density at radius 3 is 2.12 bits per heavy atom. The molecule has 3 fully saturated rings. The fourth-order valence-electron chi connectivity index (χ4n) is 3.93. The van der Waals surface area contributed by atoms with Crippen LogP contribution in [-0.2, 0) is 4.79 Å². The Morgan fingerprint density at radius 1 is 1.06 bits per heavy atom. The molecule has 3 aliphatic rings. The number of aliphatic carboxylic acids is 1. The van der Waals surface area contributed by atoms with Crippen LogP contribution in [-0.4, -0.2) is 35.6 Å². The molecule has 0 unspecified atom stereocenters. The Labute approximate surface area is 96.8 Å². The molecular weight excluding hydrogens is 202 g/mol. The van der Waals surface area contributed by atoms with Gasteiger partial charge in [-0.25, -0.2) is 0 Å². The maximum Gasteiger partial charge on any atom is 0.310 e. The van der Waals surface area contributed by atoms with Gasteiger partial charge in [-0.2, -0.15) is 0 Å². The second-order valence-electron chi connectivity index (χ2n) is 6.29. The number of hydrogen-bond donors (Lipinski definition) is 1. The van der Waals surface area contributed by atoms with Crippen LogP contribution in [0.2, 0.25) is 0 Å². The van der Waals surface area contributed by atoms with Crippen LogP contribution < -0.4 is 0 Å². The van der Waals surface area contributed by atoms with E-state index in [9.17, 15) is 9.90 Å². The molecule has 3 heteroatoms. The van der Waals surface area contributed by atoms with E-state index in [4.69, 9.17) is 0 Å². The van der Waals surface area contributed by atoms with Gasteiger partial charge in [0.15, 0.2) is 0 Å². The molecular formula is C13H21NO2. The van der Waals surface area contributed by atoms with Crippen molar-refractivity contribution in [3.63, 3.8) is 0 Å². The van der Waals surface area contributed by atoms with Gasteiger partial charge in [0.1, 0.15) is 0 Å². The molecule has 1 aliphatic heterocycles. The summed E-state index contributed by atoms with van der Waals surface area (Å²) in [6.07, 6.45) is 8.14. The average Bonchev–Trinajstić information content (AvgIpc) is 2.57. The van der Waals surface area contributed by atoms with E-state index < -0.39 is 11.4 Å². The first kappa shape index (κ1) is 10.6. The van der Waals surface area contributed by atoms with E-state index in [1.165, 1.54) is 32.4 Å². The zero-order chi connectivity index (χ0) is 11.2. The number of nitrogens with zero attached hydrogens (tertiary/aromatic N) is 1. The molecule has 2 aliphatic carbocycles.